The summed E-state index contributed by atoms with van der Waals surface area (Å²) in [6.45, 7) is 0. The quantitative estimate of drug-likeness (QED) is 0.863. The number of rotatable bonds is 4. The Hall–Kier alpha value is -0.720. The van der Waals surface area contributed by atoms with E-state index < -0.39 is 20.9 Å². The SMILES string of the molecule is O=S(=O)(NC1CCCC1CCl)c1ncccc1F. The van der Waals surface area contributed by atoms with Gasteiger partial charge in [-0.25, -0.2) is 22.5 Å². The molecule has 1 aromatic heterocycles. The number of aromatic nitrogens is 1. The van der Waals surface area contributed by atoms with Crippen LogP contribution in [-0.2, 0) is 10.0 Å². The summed E-state index contributed by atoms with van der Waals surface area (Å²) in [6.07, 6.45) is 3.80. The molecule has 1 aromatic rings. The minimum Gasteiger partial charge on any atom is -0.241 e. The van der Waals surface area contributed by atoms with E-state index >= 15 is 0 Å². The van der Waals surface area contributed by atoms with Crippen molar-refractivity contribution in [1.29, 1.82) is 0 Å². The highest BCUT2D eigenvalue weighted by Gasteiger charge is 2.32. The van der Waals surface area contributed by atoms with Gasteiger partial charge >= 0.3 is 0 Å². The lowest BCUT2D eigenvalue weighted by atomic mass is 10.1. The summed E-state index contributed by atoms with van der Waals surface area (Å²) >= 11 is 5.78. The van der Waals surface area contributed by atoms with Gasteiger partial charge in [-0.2, -0.15) is 0 Å². The fraction of sp³-hybridized carbons (Fsp3) is 0.545. The van der Waals surface area contributed by atoms with Crippen molar-refractivity contribution in [3.63, 3.8) is 0 Å². The summed E-state index contributed by atoms with van der Waals surface area (Å²) in [7, 11) is -3.91. The molecular weight excluding hydrogens is 279 g/mol. The summed E-state index contributed by atoms with van der Waals surface area (Å²) in [5.41, 5.74) is 0. The Morgan fingerprint density at radius 2 is 2.28 bits per heavy atom. The average Bonchev–Trinajstić information content (AvgIpc) is 2.76. The molecule has 0 amide bonds. The Balaban J connectivity index is 2.20. The van der Waals surface area contributed by atoms with Gasteiger partial charge in [-0.1, -0.05) is 6.42 Å². The van der Waals surface area contributed by atoms with Crippen molar-refractivity contribution in [2.24, 2.45) is 5.92 Å². The normalized spacial score (nSPS) is 24.3. The Morgan fingerprint density at radius 3 is 2.94 bits per heavy atom. The van der Waals surface area contributed by atoms with Crippen LogP contribution in [0.25, 0.3) is 0 Å². The molecule has 0 spiro atoms. The van der Waals surface area contributed by atoms with Gasteiger partial charge in [0.2, 0.25) is 5.03 Å². The van der Waals surface area contributed by atoms with Crippen LogP contribution in [0.15, 0.2) is 23.4 Å². The molecule has 0 saturated heterocycles. The second-order valence-electron chi connectivity index (χ2n) is 4.36. The molecule has 0 radical (unpaired) electrons. The first kappa shape index (κ1) is 13.7. The molecular formula is C11H14ClFN2O2S. The molecule has 100 valence electrons. The van der Waals surface area contributed by atoms with Crippen LogP contribution in [0.2, 0.25) is 0 Å². The zero-order valence-corrected chi connectivity index (χ0v) is 11.2. The first-order valence-electron chi connectivity index (χ1n) is 5.73. The van der Waals surface area contributed by atoms with Crippen molar-refractivity contribution in [3.05, 3.63) is 24.1 Å². The average molecular weight is 293 g/mol. The molecule has 1 fully saturated rings. The van der Waals surface area contributed by atoms with E-state index in [-0.39, 0.29) is 12.0 Å². The van der Waals surface area contributed by atoms with Gasteiger partial charge < -0.3 is 0 Å². The molecule has 7 heteroatoms. The van der Waals surface area contributed by atoms with Crippen molar-refractivity contribution < 1.29 is 12.8 Å². The van der Waals surface area contributed by atoms with Crippen LogP contribution in [0.3, 0.4) is 0 Å². The minimum absolute atomic E-state index is 0.105. The lowest BCUT2D eigenvalue weighted by molar-refractivity contribution is 0.474. The van der Waals surface area contributed by atoms with Crippen LogP contribution in [0.5, 0.6) is 0 Å². The van der Waals surface area contributed by atoms with E-state index in [0.717, 1.165) is 25.3 Å². The second kappa shape index (κ2) is 5.50. The van der Waals surface area contributed by atoms with E-state index in [9.17, 15) is 12.8 Å². The highest BCUT2D eigenvalue weighted by molar-refractivity contribution is 7.89. The number of halogens is 2. The van der Waals surface area contributed by atoms with Crippen molar-refractivity contribution in [1.82, 2.24) is 9.71 Å². The topological polar surface area (TPSA) is 59.1 Å². The fourth-order valence-corrected chi connectivity index (χ4v) is 3.91. The molecule has 2 atom stereocenters. The number of sulfonamides is 1. The number of alkyl halides is 1. The molecule has 1 aliphatic rings. The lowest BCUT2D eigenvalue weighted by Crippen LogP contribution is -2.38. The van der Waals surface area contributed by atoms with Crippen LogP contribution in [0.4, 0.5) is 4.39 Å². The molecule has 1 aliphatic carbocycles. The monoisotopic (exact) mass is 292 g/mol. The van der Waals surface area contributed by atoms with E-state index in [1.54, 1.807) is 0 Å². The van der Waals surface area contributed by atoms with Gasteiger partial charge in [0.05, 0.1) is 0 Å². The molecule has 2 rings (SSSR count). The molecule has 18 heavy (non-hydrogen) atoms. The van der Waals surface area contributed by atoms with Gasteiger partial charge in [-0.05, 0) is 30.9 Å². The van der Waals surface area contributed by atoms with Crippen LogP contribution >= 0.6 is 11.6 Å². The smallest absolute Gasteiger partial charge is 0.241 e. The number of hydrogen-bond donors (Lipinski definition) is 1. The lowest BCUT2D eigenvalue weighted by Gasteiger charge is -2.18. The molecule has 1 saturated carbocycles. The van der Waals surface area contributed by atoms with Crippen molar-refractivity contribution >= 4 is 21.6 Å². The standard InChI is InChI=1S/C11H14ClFN2O2S/c12-7-8-3-1-5-10(8)15-18(16,17)11-9(13)4-2-6-14-11/h2,4,6,8,10,15H,1,3,5,7H2. The van der Waals surface area contributed by atoms with Crippen molar-refractivity contribution in [3.8, 4) is 0 Å². The number of nitrogens with zero attached hydrogens (tertiary/aromatic N) is 1. The summed E-state index contributed by atoms with van der Waals surface area (Å²) < 4.78 is 40.0. The van der Waals surface area contributed by atoms with Gasteiger partial charge in [0.25, 0.3) is 10.0 Å². The Kier molecular flexibility index (Phi) is 4.19. The zero-order valence-electron chi connectivity index (χ0n) is 9.64. The van der Waals surface area contributed by atoms with Crippen LogP contribution in [-0.4, -0.2) is 25.3 Å². The van der Waals surface area contributed by atoms with E-state index in [1.165, 1.54) is 12.3 Å². The van der Waals surface area contributed by atoms with Crippen LogP contribution in [0.1, 0.15) is 19.3 Å². The Labute approximate surface area is 111 Å². The summed E-state index contributed by atoms with van der Waals surface area (Å²) in [6, 6.07) is 2.20. The number of nitrogens with one attached hydrogen (secondary N) is 1. The first-order valence-corrected chi connectivity index (χ1v) is 7.75. The zero-order chi connectivity index (χ0) is 13.2. The molecule has 1 heterocycles. The largest absolute Gasteiger partial charge is 0.261 e. The molecule has 0 aliphatic heterocycles. The Morgan fingerprint density at radius 1 is 1.50 bits per heavy atom. The maximum Gasteiger partial charge on any atom is 0.261 e. The van der Waals surface area contributed by atoms with Gasteiger partial charge in [0.1, 0.15) is 0 Å². The maximum absolute atomic E-state index is 13.4. The predicted octanol–water partition coefficient (Wildman–Crippen LogP) is 1.91. The highest BCUT2D eigenvalue weighted by atomic mass is 35.5. The van der Waals surface area contributed by atoms with E-state index in [4.69, 9.17) is 11.6 Å². The second-order valence-corrected chi connectivity index (χ2v) is 6.30. The first-order chi connectivity index (χ1) is 8.54. The third kappa shape index (κ3) is 2.81. The highest BCUT2D eigenvalue weighted by Crippen LogP contribution is 2.28. The predicted molar refractivity (Wildman–Crippen MR) is 66.4 cm³/mol. The van der Waals surface area contributed by atoms with Crippen LogP contribution < -0.4 is 4.72 Å². The van der Waals surface area contributed by atoms with Crippen molar-refractivity contribution in [2.75, 3.05) is 5.88 Å². The molecule has 4 nitrogen and oxygen atoms in total. The molecule has 0 aromatic carbocycles. The third-order valence-corrected chi connectivity index (χ3v) is 4.96. The molecule has 1 N–H and O–H groups in total. The summed E-state index contributed by atoms with van der Waals surface area (Å²) in [5.74, 6) is -0.337. The molecule has 2 unspecified atom stereocenters. The van der Waals surface area contributed by atoms with Gasteiger partial charge in [0.15, 0.2) is 5.82 Å². The number of hydrogen-bond acceptors (Lipinski definition) is 3. The van der Waals surface area contributed by atoms with Crippen molar-refractivity contribution in [2.45, 2.75) is 30.3 Å². The third-order valence-electron chi connectivity index (χ3n) is 3.14. The van der Waals surface area contributed by atoms with Crippen LogP contribution in [0, 0.1) is 11.7 Å². The van der Waals surface area contributed by atoms with E-state index in [1.807, 2.05) is 0 Å². The minimum atomic E-state index is -3.91. The van der Waals surface area contributed by atoms with Gasteiger partial charge in [-0.3, -0.25) is 0 Å². The Bertz CT molecular complexity index is 524. The maximum atomic E-state index is 13.4. The number of pyridine rings is 1. The fourth-order valence-electron chi connectivity index (χ4n) is 2.20. The summed E-state index contributed by atoms with van der Waals surface area (Å²) in [5, 5.41) is -0.551. The van der Waals surface area contributed by atoms with E-state index in [2.05, 4.69) is 9.71 Å². The molecule has 0 bridgehead atoms. The van der Waals surface area contributed by atoms with Gasteiger partial charge in [0, 0.05) is 18.1 Å². The summed E-state index contributed by atoms with van der Waals surface area (Å²) in [4.78, 5) is 3.58. The van der Waals surface area contributed by atoms with Gasteiger partial charge in [-0.15, -0.1) is 11.6 Å². The van der Waals surface area contributed by atoms with E-state index in [0.29, 0.717) is 5.88 Å².